The molecule has 1 aliphatic rings. The Morgan fingerprint density at radius 3 is 2.57 bits per heavy atom. The lowest BCUT2D eigenvalue weighted by atomic mass is 9.85. The molecule has 0 saturated carbocycles. The lowest BCUT2D eigenvalue weighted by Crippen LogP contribution is -2.34. The maximum Gasteiger partial charge on any atom is 0.220 e. The molecule has 116 valence electrons. The minimum Gasteiger partial charge on any atom is -0.384 e. The molecule has 1 heterocycles. The Kier molecular flexibility index (Phi) is 5.27. The number of fused-ring (bicyclic) bond motifs is 1. The zero-order chi connectivity index (χ0) is 15.4. The minimum atomic E-state index is 0.171. The highest BCUT2D eigenvalue weighted by atomic mass is 16.1. The van der Waals surface area contributed by atoms with Crippen LogP contribution in [0, 0.1) is 17.8 Å². The maximum absolute atomic E-state index is 12.2. The van der Waals surface area contributed by atoms with Gasteiger partial charge in [-0.25, -0.2) is 0 Å². The third-order valence-corrected chi connectivity index (χ3v) is 4.62. The van der Waals surface area contributed by atoms with Gasteiger partial charge in [-0.05, 0) is 29.4 Å². The van der Waals surface area contributed by atoms with Gasteiger partial charge < -0.3 is 10.6 Å². The standard InChI is InChI=1S/C18H28N2O/c1-12(2)16(13(3)4)11-20-18(21)9-14-10-19-17-8-6-5-7-15(14)17/h5-8,12-14,16,19H,9-11H2,1-4H3,(H,20,21). The predicted molar refractivity (Wildman–Crippen MR) is 88.5 cm³/mol. The van der Waals surface area contributed by atoms with Gasteiger partial charge in [0.2, 0.25) is 5.91 Å². The lowest BCUT2D eigenvalue weighted by molar-refractivity contribution is -0.121. The summed E-state index contributed by atoms with van der Waals surface area (Å²) >= 11 is 0. The molecular weight excluding hydrogens is 260 g/mol. The first-order valence-electron chi connectivity index (χ1n) is 8.08. The zero-order valence-corrected chi connectivity index (χ0v) is 13.6. The molecule has 0 spiro atoms. The Bertz CT molecular complexity index is 474. The minimum absolute atomic E-state index is 0.171. The summed E-state index contributed by atoms with van der Waals surface area (Å²) in [4.78, 5) is 12.2. The molecule has 3 nitrogen and oxygen atoms in total. The Hall–Kier alpha value is -1.51. The Labute approximate surface area is 128 Å². The first-order valence-corrected chi connectivity index (χ1v) is 8.08. The van der Waals surface area contributed by atoms with Gasteiger partial charge in [0, 0.05) is 31.1 Å². The summed E-state index contributed by atoms with van der Waals surface area (Å²) in [5.74, 6) is 2.21. The Morgan fingerprint density at radius 2 is 1.90 bits per heavy atom. The van der Waals surface area contributed by atoms with E-state index in [0.29, 0.717) is 30.1 Å². The van der Waals surface area contributed by atoms with Crippen LogP contribution in [0.2, 0.25) is 0 Å². The highest BCUT2D eigenvalue weighted by Gasteiger charge is 2.24. The molecule has 1 aliphatic heterocycles. The second-order valence-corrected chi connectivity index (χ2v) is 6.83. The van der Waals surface area contributed by atoms with E-state index >= 15 is 0 Å². The third-order valence-electron chi connectivity index (χ3n) is 4.62. The van der Waals surface area contributed by atoms with Crippen LogP contribution in [0.5, 0.6) is 0 Å². The maximum atomic E-state index is 12.2. The summed E-state index contributed by atoms with van der Waals surface area (Å²) in [5, 5.41) is 6.51. The molecule has 2 N–H and O–H groups in total. The van der Waals surface area contributed by atoms with Crippen LogP contribution in [0.25, 0.3) is 0 Å². The Balaban J connectivity index is 1.86. The molecule has 0 radical (unpaired) electrons. The number of hydrogen-bond acceptors (Lipinski definition) is 2. The first kappa shape index (κ1) is 15.9. The van der Waals surface area contributed by atoms with Crippen LogP contribution in [0.3, 0.4) is 0 Å². The van der Waals surface area contributed by atoms with Gasteiger partial charge in [0.15, 0.2) is 0 Å². The summed E-state index contributed by atoms with van der Waals surface area (Å²) in [6, 6.07) is 8.29. The van der Waals surface area contributed by atoms with Crippen molar-refractivity contribution < 1.29 is 4.79 Å². The van der Waals surface area contributed by atoms with E-state index in [9.17, 15) is 4.79 Å². The smallest absolute Gasteiger partial charge is 0.220 e. The molecule has 0 aliphatic carbocycles. The number of anilines is 1. The molecule has 1 aromatic carbocycles. The van der Waals surface area contributed by atoms with Gasteiger partial charge in [-0.3, -0.25) is 4.79 Å². The van der Waals surface area contributed by atoms with Crippen molar-refractivity contribution in [1.82, 2.24) is 5.32 Å². The van der Waals surface area contributed by atoms with Gasteiger partial charge in [0.1, 0.15) is 0 Å². The second kappa shape index (κ2) is 6.97. The van der Waals surface area contributed by atoms with Crippen molar-refractivity contribution in [2.75, 3.05) is 18.4 Å². The monoisotopic (exact) mass is 288 g/mol. The van der Waals surface area contributed by atoms with Crippen molar-refractivity contribution in [3.8, 4) is 0 Å². The van der Waals surface area contributed by atoms with Crippen LogP contribution in [-0.2, 0) is 4.79 Å². The SMILES string of the molecule is CC(C)C(CNC(=O)CC1CNc2ccccc21)C(C)C. The van der Waals surface area contributed by atoms with Gasteiger partial charge in [-0.2, -0.15) is 0 Å². The fourth-order valence-corrected chi connectivity index (χ4v) is 3.31. The van der Waals surface area contributed by atoms with Gasteiger partial charge in [0.05, 0.1) is 0 Å². The summed E-state index contributed by atoms with van der Waals surface area (Å²) in [6.07, 6.45) is 0.576. The van der Waals surface area contributed by atoms with E-state index in [4.69, 9.17) is 0 Å². The van der Waals surface area contributed by atoms with E-state index < -0.39 is 0 Å². The number of benzene rings is 1. The highest BCUT2D eigenvalue weighted by molar-refractivity contribution is 5.78. The molecule has 2 rings (SSSR count). The molecule has 1 aromatic rings. The molecular formula is C18H28N2O. The van der Waals surface area contributed by atoms with Crippen LogP contribution < -0.4 is 10.6 Å². The normalized spacial score (nSPS) is 17.2. The predicted octanol–water partition coefficient (Wildman–Crippen LogP) is 3.63. The average Bonchev–Trinajstić information content (AvgIpc) is 2.81. The lowest BCUT2D eigenvalue weighted by Gasteiger charge is -2.25. The van der Waals surface area contributed by atoms with Crippen LogP contribution in [0.1, 0.15) is 45.6 Å². The number of hydrogen-bond donors (Lipinski definition) is 2. The molecule has 1 unspecified atom stereocenters. The summed E-state index contributed by atoms with van der Waals surface area (Å²) in [5.41, 5.74) is 2.45. The van der Waals surface area contributed by atoms with Gasteiger partial charge >= 0.3 is 0 Å². The molecule has 1 amide bonds. The van der Waals surface area contributed by atoms with Gasteiger partial charge in [0.25, 0.3) is 0 Å². The first-order chi connectivity index (χ1) is 9.99. The average molecular weight is 288 g/mol. The number of carbonyl (C=O) groups is 1. The molecule has 21 heavy (non-hydrogen) atoms. The van der Waals surface area contributed by atoms with Crippen molar-refractivity contribution in [2.24, 2.45) is 17.8 Å². The topological polar surface area (TPSA) is 41.1 Å². The summed E-state index contributed by atoms with van der Waals surface area (Å²) in [6.45, 7) is 10.6. The zero-order valence-electron chi connectivity index (χ0n) is 13.6. The Morgan fingerprint density at radius 1 is 1.24 bits per heavy atom. The fraction of sp³-hybridized carbons (Fsp3) is 0.611. The molecule has 0 saturated heterocycles. The van der Waals surface area contributed by atoms with Crippen molar-refractivity contribution in [1.29, 1.82) is 0 Å². The van der Waals surface area contributed by atoms with Gasteiger partial charge in [-0.15, -0.1) is 0 Å². The third kappa shape index (κ3) is 3.99. The largest absolute Gasteiger partial charge is 0.384 e. The molecule has 1 atom stereocenters. The van der Waals surface area contributed by atoms with E-state index in [1.807, 2.05) is 12.1 Å². The number of nitrogens with one attached hydrogen (secondary N) is 2. The van der Waals surface area contributed by atoms with E-state index in [0.717, 1.165) is 13.1 Å². The van der Waals surface area contributed by atoms with E-state index in [1.54, 1.807) is 0 Å². The molecule has 0 fully saturated rings. The molecule has 0 bridgehead atoms. The summed E-state index contributed by atoms with van der Waals surface area (Å²) < 4.78 is 0. The van der Waals surface area contributed by atoms with Gasteiger partial charge in [-0.1, -0.05) is 45.9 Å². The highest BCUT2D eigenvalue weighted by Crippen LogP contribution is 2.33. The van der Waals surface area contributed by atoms with Crippen molar-refractivity contribution >= 4 is 11.6 Å². The van der Waals surface area contributed by atoms with E-state index in [-0.39, 0.29) is 5.91 Å². The number of para-hydroxylation sites is 1. The van der Waals surface area contributed by atoms with Crippen molar-refractivity contribution in [3.05, 3.63) is 29.8 Å². The fourth-order valence-electron chi connectivity index (χ4n) is 3.31. The van der Waals surface area contributed by atoms with Crippen LogP contribution in [0.15, 0.2) is 24.3 Å². The molecule has 0 aromatic heterocycles. The van der Waals surface area contributed by atoms with E-state index in [1.165, 1.54) is 11.3 Å². The van der Waals surface area contributed by atoms with Crippen LogP contribution in [0.4, 0.5) is 5.69 Å². The van der Waals surface area contributed by atoms with Crippen molar-refractivity contribution in [3.63, 3.8) is 0 Å². The molecule has 3 heteroatoms. The van der Waals surface area contributed by atoms with Crippen LogP contribution >= 0.6 is 0 Å². The number of carbonyl (C=O) groups excluding carboxylic acids is 1. The summed E-state index contributed by atoms with van der Waals surface area (Å²) in [7, 11) is 0. The van der Waals surface area contributed by atoms with Crippen LogP contribution in [-0.4, -0.2) is 19.0 Å². The van der Waals surface area contributed by atoms with E-state index in [2.05, 4.69) is 50.5 Å². The second-order valence-electron chi connectivity index (χ2n) is 6.83. The number of amides is 1. The van der Waals surface area contributed by atoms with Crippen molar-refractivity contribution in [2.45, 2.75) is 40.0 Å². The quantitative estimate of drug-likeness (QED) is 0.839. The number of rotatable bonds is 6.